The molecule has 0 aliphatic heterocycles. The molecule has 2 N–H and O–H groups in total. The van der Waals surface area contributed by atoms with E-state index in [0.29, 0.717) is 17.9 Å². The zero-order valence-electron chi connectivity index (χ0n) is 12.1. The summed E-state index contributed by atoms with van der Waals surface area (Å²) in [5, 5.41) is 3.00. The van der Waals surface area contributed by atoms with Crippen LogP contribution >= 0.6 is 0 Å². The van der Waals surface area contributed by atoms with E-state index < -0.39 is 0 Å². The van der Waals surface area contributed by atoms with Crippen LogP contribution in [0.15, 0.2) is 29.1 Å². The van der Waals surface area contributed by atoms with Gasteiger partial charge in [0.2, 0.25) is 0 Å². The Bertz CT molecular complexity index is 726. The van der Waals surface area contributed by atoms with Crippen molar-refractivity contribution in [1.29, 1.82) is 0 Å². The number of rotatable bonds is 5. The van der Waals surface area contributed by atoms with Crippen LogP contribution in [0.2, 0.25) is 0 Å². The van der Waals surface area contributed by atoms with E-state index in [0.717, 1.165) is 6.42 Å². The van der Waals surface area contributed by atoms with Gasteiger partial charge in [0.05, 0.1) is 5.69 Å². The van der Waals surface area contributed by atoms with Gasteiger partial charge in [-0.05, 0) is 25.8 Å². The molecule has 21 heavy (non-hydrogen) atoms. The largest absolute Gasteiger partial charge is 0.365 e. The highest BCUT2D eigenvalue weighted by Crippen LogP contribution is 2.06. The Morgan fingerprint density at radius 3 is 2.67 bits per heavy atom. The minimum Gasteiger partial charge on any atom is -0.365 e. The SMILES string of the molecule is Cc1ccc(CCNc2nc(C=C=O)c(C)[nH]c2=O)cc1. The van der Waals surface area contributed by atoms with Crippen molar-refractivity contribution in [3.63, 3.8) is 0 Å². The molecule has 5 nitrogen and oxygen atoms in total. The molecule has 108 valence electrons. The van der Waals surface area contributed by atoms with E-state index in [1.54, 1.807) is 12.9 Å². The van der Waals surface area contributed by atoms with E-state index >= 15 is 0 Å². The smallest absolute Gasteiger partial charge is 0.290 e. The van der Waals surface area contributed by atoms with Crippen molar-refractivity contribution in [2.75, 3.05) is 11.9 Å². The Balaban J connectivity index is 2.06. The van der Waals surface area contributed by atoms with Crippen molar-refractivity contribution in [2.24, 2.45) is 0 Å². The number of aromatic amines is 1. The quantitative estimate of drug-likeness (QED) is 0.822. The average molecular weight is 283 g/mol. The summed E-state index contributed by atoms with van der Waals surface area (Å²) in [5.74, 6) is 1.89. The van der Waals surface area contributed by atoms with Gasteiger partial charge in [-0.25, -0.2) is 9.78 Å². The number of nitrogens with zero attached hydrogens (tertiary/aromatic N) is 1. The number of aromatic nitrogens is 2. The van der Waals surface area contributed by atoms with Crippen molar-refractivity contribution < 1.29 is 4.79 Å². The van der Waals surface area contributed by atoms with E-state index in [2.05, 4.69) is 39.6 Å². The minimum absolute atomic E-state index is 0.217. The third-order valence-electron chi connectivity index (χ3n) is 3.15. The fourth-order valence-electron chi connectivity index (χ4n) is 1.94. The summed E-state index contributed by atoms with van der Waals surface area (Å²) >= 11 is 0. The van der Waals surface area contributed by atoms with Crippen molar-refractivity contribution in [3.05, 3.63) is 57.1 Å². The van der Waals surface area contributed by atoms with Crippen LogP contribution in [0.25, 0.3) is 6.08 Å². The van der Waals surface area contributed by atoms with E-state index in [9.17, 15) is 9.59 Å². The van der Waals surface area contributed by atoms with Crippen molar-refractivity contribution in [3.8, 4) is 0 Å². The molecular weight excluding hydrogens is 266 g/mol. The maximum absolute atomic E-state index is 11.8. The molecule has 5 heteroatoms. The summed E-state index contributed by atoms with van der Waals surface area (Å²) in [5.41, 5.74) is 3.08. The van der Waals surface area contributed by atoms with Crippen LogP contribution in [0, 0.1) is 13.8 Å². The molecule has 0 aliphatic rings. The van der Waals surface area contributed by atoms with E-state index in [1.807, 2.05) is 6.92 Å². The molecule has 1 aromatic heterocycles. The van der Waals surface area contributed by atoms with Crippen LogP contribution in [-0.4, -0.2) is 22.5 Å². The van der Waals surface area contributed by atoms with Gasteiger partial charge in [-0.2, -0.15) is 0 Å². The van der Waals surface area contributed by atoms with Crippen molar-refractivity contribution in [1.82, 2.24) is 9.97 Å². The van der Waals surface area contributed by atoms with Gasteiger partial charge in [0.25, 0.3) is 5.56 Å². The molecule has 0 unspecified atom stereocenters. The van der Waals surface area contributed by atoms with E-state index in [1.165, 1.54) is 17.2 Å². The zero-order valence-corrected chi connectivity index (χ0v) is 12.1. The highest BCUT2D eigenvalue weighted by atomic mass is 16.1. The second-order valence-corrected chi connectivity index (χ2v) is 4.85. The molecule has 0 radical (unpaired) electrons. The predicted molar refractivity (Wildman–Crippen MR) is 83.1 cm³/mol. The lowest BCUT2D eigenvalue weighted by atomic mass is 10.1. The topological polar surface area (TPSA) is 74.8 Å². The van der Waals surface area contributed by atoms with Gasteiger partial charge in [-0.1, -0.05) is 29.8 Å². The first-order valence-electron chi connectivity index (χ1n) is 6.71. The summed E-state index contributed by atoms with van der Waals surface area (Å²) in [4.78, 5) is 29.0. The lowest BCUT2D eigenvalue weighted by Gasteiger charge is -2.07. The van der Waals surface area contributed by atoms with Crippen LogP contribution in [-0.2, 0) is 11.2 Å². The molecule has 1 aromatic carbocycles. The Labute approximate surface area is 122 Å². The summed E-state index contributed by atoms with van der Waals surface area (Å²) in [6.07, 6.45) is 1.99. The third kappa shape index (κ3) is 3.91. The maximum atomic E-state index is 11.8. The molecule has 1 heterocycles. The summed E-state index contributed by atoms with van der Waals surface area (Å²) < 4.78 is 0. The second-order valence-electron chi connectivity index (χ2n) is 4.85. The fraction of sp³-hybridized carbons (Fsp3) is 0.250. The number of aryl methyl sites for hydroxylation is 2. The van der Waals surface area contributed by atoms with E-state index in [-0.39, 0.29) is 11.4 Å². The minimum atomic E-state index is -0.292. The average Bonchev–Trinajstić information content (AvgIpc) is 2.46. The summed E-state index contributed by atoms with van der Waals surface area (Å²) in [7, 11) is 0. The van der Waals surface area contributed by atoms with Crippen LogP contribution in [0.3, 0.4) is 0 Å². The van der Waals surface area contributed by atoms with Gasteiger partial charge < -0.3 is 10.3 Å². The van der Waals surface area contributed by atoms with Gasteiger partial charge in [0.1, 0.15) is 5.94 Å². The predicted octanol–water partition coefficient (Wildman–Crippen LogP) is 1.89. The molecule has 0 amide bonds. The Kier molecular flexibility index (Phi) is 4.69. The summed E-state index contributed by atoms with van der Waals surface area (Å²) in [6.45, 7) is 4.32. The van der Waals surface area contributed by atoms with Crippen molar-refractivity contribution >= 4 is 17.8 Å². The first-order chi connectivity index (χ1) is 10.1. The molecule has 0 fully saturated rings. The van der Waals surface area contributed by atoms with Crippen LogP contribution < -0.4 is 10.9 Å². The zero-order chi connectivity index (χ0) is 15.2. The highest BCUT2D eigenvalue weighted by Gasteiger charge is 2.05. The maximum Gasteiger partial charge on any atom is 0.290 e. The Morgan fingerprint density at radius 2 is 2.00 bits per heavy atom. The number of anilines is 1. The van der Waals surface area contributed by atoms with Gasteiger partial charge in [-0.3, -0.25) is 4.79 Å². The molecule has 0 bridgehead atoms. The molecule has 2 rings (SSSR count). The molecule has 0 aliphatic carbocycles. The van der Waals surface area contributed by atoms with Crippen LogP contribution in [0.4, 0.5) is 5.82 Å². The number of hydrogen-bond acceptors (Lipinski definition) is 4. The highest BCUT2D eigenvalue weighted by molar-refractivity contribution is 5.74. The Morgan fingerprint density at radius 1 is 1.29 bits per heavy atom. The van der Waals surface area contributed by atoms with Gasteiger partial charge >= 0.3 is 0 Å². The van der Waals surface area contributed by atoms with Gasteiger partial charge in [-0.15, -0.1) is 0 Å². The number of benzene rings is 1. The van der Waals surface area contributed by atoms with Crippen LogP contribution in [0.5, 0.6) is 0 Å². The molecule has 0 atom stereocenters. The third-order valence-corrected chi connectivity index (χ3v) is 3.15. The molecular formula is C16H17N3O2. The van der Waals surface area contributed by atoms with Crippen LogP contribution in [0.1, 0.15) is 22.5 Å². The van der Waals surface area contributed by atoms with E-state index in [4.69, 9.17) is 0 Å². The molecule has 0 spiro atoms. The first kappa shape index (κ1) is 14.8. The van der Waals surface area contributed by atoms with Gasteiger partial charge in [0.15, 0.2) is 5.82 Å². The number of nitrogens with one attached hydrogen (secondary N) is 2. The molecule has 2 aromatic rings. The normalized spacial score (nSPS) is 10.0. The molecule has 0 saturated carbocycles. The monoisotopic (exact) mass is 283 g/mol. The Hall–Kier alpha value is -2.65. The summed E-state index contributed by atoms with van der Waals surface area (Å²) in [6, 6.07) is 8.23. The lowest BCUT2D eigenvalue weighted by Crippen LogP contribution is -2.19. The molecule has 0 saturated heterocycles. The first-order valence-corrected chi connectivity index (χ1v) is 6.71. The number of hydrogen-bond donors (Lipinski definition) is 2. The lowest BCUT2D eigenvalue weighted by molar-refractivity contribution is 0.570. The number of H-pyrrole nitrogens is 1. The fourth-order valence-corrected chi connectivity index (χ4v) is 1.94. The number of carbonyl (C=O) groups excluding carboxylic acids is 1. The van der Waals surface area contributed by atoms with Crippen molar-refractivity contribution in [2.45, 2.75) is 20.3 Å². The second kappa shape index (κ2) is 6.68. The standard InChI is InChI=1S/C16H17N3O2/c1-11-3-5-13(6-4-11)7-9-17-15-16(21)18-12(2)14(19-15)8-10-20/h3-6,8H,7,9H2,1-2H3,(H,17,19)(H,18,21). The van der Waals surface area contributed by atoms with Gasteiger partial charge in [0, 0.05) is 18.3 Å².